The molecule has 0 aromatic carbocycles. The summed E-state index contributed by atoms with van der Waals surface area (Å²) in [4.78, 5) is 28.2. The van der Waals surface area contributed by atoms with Gasteiger partial charge < -0.3 is 34.8 Å². The fourth-order valence-corrected chi connectivity index (χ4v) is 4.62. The van der Waals surface area contributed by atoms with Crippen LogP contribution in [-0.2, 0) is 20.5 Å². The molecule has 4 atom stereocenters. The molecule has 0 unspecified atom stereocenters. The van der Waals surface area contributed by atoms with Gasteiger partial charge in [0, 0.05) is 12.5 Å². The minimum Gasteiger partial charge on any atom is -0.393 e. The van der Waals surface area contributed by atoms with Crippen LogP contribution in [-0.4, -0.2) is 97.2 Å². The molecule has 16 nitrogen and oxygen atoms in total. The molecule has 6 N–H and O–H groups in total. The number of rotatable bonds is 10. The van der Waals surface area contributed by atoms with Gasteiger partial charge in [0.1, 0.15) is 11.9 Å². The molecule has 3 aromatic rings. The first-order valence-corrected chi connectivity index (χ1v) is 12.6. The summed E-state index contributed by atoms with van der Waals surface area (Å²) in [6.07, 6.45) is -1.72. The molecule has 0 aliphatic carbocycles. The quantitative estimate of drug-likeness (QED) is 0.144. The molecule has 1 fully saturated rings. The van der Waals surface area contributed by atoms with Crippen LogP contribution in [0.1, 0.15) is 32.3 Å². The molecule has 0 amide bonds. The SMILES string of the molecule is CC(C)Nc1nc(Cl)nc2c1cnn2[C@H]1C[C@H](O)[C@@H](CO[C@@](CO)(Cc2nn[nH]n2)P(=O)(O)O)O1. The Bertz CT molecular complexity index is 1210. The topological polar surface area (TPSA) is 227 Å². The van der Waals surface area contributed by atoms with E-state index in [2.05, 4.69) is 41.0 Å². The molecular formula is C17H25ClN9O7P. The average molecular weight is 534 g/mol. The van der Waals surface area contributed by atoms with Crippen LogP contribution in [0, 0.1) is 0 Å². The Morgan fingerprint density at radius 3 is 2.83 bits per heavy atom. The fourth-order valence-electron chi connectivity index (χ4n) is 3.68. The van der Waals surface area contributed by atoms with Crippen molar-refractivity contribution in [2.75, 3.05) is 18.5 Å². The number of hydrogen-bond acceptors (Lipinski definition) is 12. The highest BCUT2D eigenvalue weighted by Crippen LogP contribution is 2.52. The minimum atomic E-state index is -5.03. The van der Waals surface area contributed by atoms with Crippen molar-refractivity contribution in [1.82, 2.24) is 40.4 Å². The van der Waals surface area contributed by atoms with Crippen molar-refractivity contribution in [2.24, 2.45) is 0 Å². The average Bonchev–Trinajstić information content (AvgIpc) is 3.50. The standard InChI is InChI=1S/C17H25ClN9O7P/c1-8(2)20-14-9-5-19-27(15(9)22-16(18)21-14)13-3-10(29)11(34-13)6-33-17(7-28,35(30,31)32)4-12-23-25-26-24-12/h5,8,10-11,13,28-29H,3-4,6-7H2,1-2H3,(H,20,21,22)(H2,30,31,32)(H,23,24,25,26)/t10-,11+,13+,17-/m0/s1. The number of aromatic amines is 1. The zero-order valence-electron chi connectivity index (χ0n) is 18.7. The fraction of sp³-hybridized carbons (Fsp3) is 0.647. The van der Waals surface area contributed by atoms with Gasteiger partial charge in [-0.25, -0.2) is 4.68 Å². The normalized spacial score (nSPS) is 22.7. The van der Waals surface area contributed by atoms with E-state index >= 15 is 0 Å². The Morgan fingerprint density at radius 2 is 2.20 bits per heavy atom. The van der Waals surface area contributed by atoms with E-state index < -0.39 is 51.0 Å². The molecule has 0 saturated carbocycles. The van der Waals surface area contributed by atoms with Crippen LogP contribution in [0.15, 0.2) is 6.20 Å². The van der Waals surface area contributed by atoms with E-state index in [-0.39, 0.29) is 23.6 Å². The number of anilines is 1. The number of H-pyrrole nitrogens is 1. The second kappa shape index (κ2) is 9.99. The highest BCUT2D eigenvalue weighted by atomic mass is 35.5. The Labute approximate surface area is 203 Å². The molecule has 4 heterocycles. The van der Waals surface area contributed by atoms with Gasteiger partial charge in [-0.05, 0) is 25.4 Å². The number of ether oxygens (including phenoxy) is 2. The summed E-state index contributed by atoms with van der Waals surface area (Å²) in [6, 6.07) is 0.0758. The lowest BCUT2D eigenvalue weighted by Gasteiger charge is -2.32. The summed E-state index contributed by atoms with van der Waals surface area (Å²) in [7, 11) is -5.03. The zero-order chi connectivity index (χ0) is 25.4. The number of tetrazole rings is 1. The number of nitrogens with zero attached hydrogens (tertiary/aromatic N) is 7. The molecule has 1 saturated heterocycles. The van der Waals surface area contributed by atoms with E-state index in [1.54, 1.807) is 6.20 Å². The molecule has 0 radical (unpaired) electrons. The lowest BCUT2D eigenvalue weighted by Crippen LogP contribution is -2.43. The third-order valence-corrected chi connectivity index (χ3v) is 7.11. The molecule has 4 rings (SSSR count). The van der Waals surface area contributed by atoms with E-state index in [9.17, 15) is 24.6 Å². The molecular weight excluding hydrogens is 509 g/mol. The Morgan fingerprint density at radius 1 is 1.43 bits per heavy atom. The first-order chi connectivity index (χ1) is 16.5. The molecule has 3 aromatic heterocycles. The van der Waals surface area contributed by atoms with Crippen LogP contribution in [0.5, 0.6) is 0 Å². The summed E-state index contributed by atoms with van der Waals surface area (Å²) in [5.41, 5.74) is 0.379. The Hall–Kier alpha value is -2.30. The van der Waals surface area contributed by atoms with E-state index in [4.69, 9.17) is 21.1 Å². The minimum absolute atomic E-state index is 0.00309. The van der Waals surface area contributed by atoms with Crippen LogP contribution in [0.4, 0.5) is 5.82 Å². The summed E-state index contributed by atoms with van der Waals surface area (Å²) in [5.74, 6) is 0.425. The second-order valence-electron chi connectivity index (χ2n) is 8.36. The summed E-state index contributed by atoms with van der Waals surface area (Å²) in [6.45, 7) is 2.39. The highest BCUT2D eigenvalue weighted by Gasteiger charge is 2.50. The molecule has 0 spiro atoms. The lowest BCUT2D eigenvalue weighted by atomic mass is 10.2. The number of aliphatic hydroxyl groups excluding tert-OH is 2. The first kappa shape index (κ1) is 25.8. The predicted molar refractivity (Wildman–Crippen MR) is 119 cm³/mol. The zero-order valence-corrected chi connectivity index (χ0v) is 20.3. The van der Waals surface area contributed by atoms with Gasteiger partial charge in [0.05, 0.1) is 37.3 Å². The molecule has 1 aliphatic rings. The predicted octanol–water partition coefficient (Wildman–Crippen LogP) is -0.413. The first-order valence-electron chi connectivity index (χ1n) is 10.6. The van der Waals surface area contributed by atoms with Crippen LogP contribution in [0.3, 0.4) is 0 Å². The second-order valence-corrected chi connectivity index (χ2v) is 10.6. The Kier molecular flexibility index (Phi) is 7.36. The van der Waals surface area contributed by atoms with Gasteiger partial charge >= 0.3 is 7.60 Å². The van der Waals surface area contributed by atoms with E-state index in [1.165, 1.54) is 4.68 Å². The summed E-state index contributed by atoms with van der Waals surface area (Å²) in [5, 5.41) is 39.0. The number of aromatic nitrogens is 8. The van der Waals surface area contributed by atoms with E-state index in [0.717, 1.165) is 0 Å². The van der Waals surface area contributed by atoms with Crippen molar-refractivity contribution in [2.45, 2.75) is 56.5 Å². The molecule has 1 aliphatic heterocycles. The monoisotopic (exact) mass is 533 g/mol. The molecule has 0 bridgehead atoms. The van der Waals surface area contributed by atoms with Crippen molar-refractivity contribution >= 4 is 36.0 Å². The third kappa shape index (κ3) is 5.29. The van der Waals surface area contributed by atoms with Crippen molar-refractivity contribution < 1.29 is 34.0 Å². The number of aliphatic hydroxyl groups is 2. The largest absolute Gasteiger partial charge is 0.393 e. The highest BCUT2D eigenvalue weighted by molar-refractivity contribution is 7.53. The van der Waals surface area contributed by atoms with E-state index in [1.807, 2.05) is 13.8 Å². The lowest BCUT2D eigenvalue weighted by molar-refractivity contribution is -0.109. The van der Waals surface area contributed by atoms with Gasteiger partial charge in [0.25, 0.3) is 0 Å². The van der Waals surface area contributed by atoms with Crippen LogP contribution in [0.2, 0.25) is 5.28 Å². The van der Waals surface area contributed by atoms with Crippen molar-refractivity contribution in [1.29, 1.82) is 0 Å². The maximum atomic E-state index is 12.2. The van der Waals surface area contributed by atoms with Gasteiger partial charge in [-0.1, -0.05) is 5.21 Å². The van der Waals surface area contributed by atoms with Crippen molar-refractivity contribution in [3.8, 4) is 0 Å². The van der Waals surface area contributed by atoms with Crippen LogP contribution >= 0.6 is 19.2 Å². The number of hydrogen-bond donors (Lipinski definition) is 6. The van der Waals surface area contributed by atoms with Gasteiger partial charge in [0.15, 0.2) is 23.0 Å². The number of nitrogens with one attached hydrogen (secondary N) is 2. The molecule has 192 valence electrons. The van der Waals surface area contributed by atoms with Crippen LogP contribution < -0.4 is 5.32 Å². The Balaban J connectivity index is 1.53. The van der Waals surface area contributed by atoms with Crippen LogP contribution in [0.25, 0.3) is 11.0 Å². The van der Waals surface area contributed by atoms with Gasteiger partial charge in [-0.3, -0.25) is 4.57 Å². The smallest absolute Gasteiger partial charge is 0.359 e. The van der Waals surface area contributed by atoms with Gasteiger partial charge in [-0.15, -0.1) is 10.2 Å². The van der Waals surface area contributed by atoms with Gasteiger partial charge in [-0.2, -0.15) is 20.3 Å². The maximum absolute atomic E-state index is 12.2. The molecule has 18 heteroatoms. The van der Waals surface area contributed by atoms with Crippen molar-refractivity contribution in [3.05, 3.63) is 17.3 Å². The van der Waals surface area contributed by atoms with Gasteiger partial charge in [0.2, 0.25) is 5.28 Å². The number of halogens is 1. The maximum Gasteiger partial charge on any atom is 0.359 e. The third-order valence-electron chi connectivity index (χ3n) is 5.45. The van der Waals surface area contributed by atoms with Crippen molar-refractivity contribution in [3.63, 3.8) is 0 Å². The molecule has 35 heavy (non-hydrogen) atoms. The number of fused-ring (bicyclic) bond motifs is 1. The summed E-state index contributed by atoms with van der Waals surface area (Å²) < 4.78 is 25.0. The summed E-state index contributed by atoms with van der Waals surface area (Å²) >= 11 is 6.09. The van der Waals surface area contributed by atoms with E-state index in [0.29, 0.717) is 16.9 Å².